The Morgan fingerprint density at radius 3 is 2.50 bits per heavy atom. The molecule has 28 heavy (non-hydrogen) atoms. The minimum atomic E-state index is -0.126. The molecule has 1 aliphatic heterocycles. The Balaban J connectivity index is 1.69. The average Bonchev–Trinajstić information content (AvgIpc) is 2.89. The van der Waals surface area contributed by atoms with Crippen LogP contribution in [0.1, 0.15) is 16.7 Å². The number of thioether (sulfide) groups is 1. The molecule has 0 aliphatic carbocycles. The quantitative estimate of drug-likeness (QED) is 0.353. The van der Waals surface area contributed by atoms with Gasteiger partial charge in [-0.2, -0.15) is 0 Å². The van der Waals surface area contributed by atoms with E-state index in [0.717, 1.165) is 22.4 Å². The fourth-order valence-electron chi connectivity index (χ4n) is 2.62. The summed E-state index contributed by atoms with van der Waals surface area (Å²) in [5, 5.41) is 0.567. The molecular formula is C21H20ClNO3S2. The number of carbonyl (C=O) groups is 1. The molecule has 0 atom stereocenters. The van der Waals surface area contributed by atoms with Gasteiger partial charge in [0.25, 0.3) is 5.91 Å². The number of ether oxygens (including phenoxy) is 2. The van der Waals surface area contributed by atoms with Gasteiger partial charge >= 0.3 is 0 Å². The summed E-state index contributed by atoms with van der Waals surface area (Å²) in [6.45, 7) is 4.81. The van der Waals surface area contributed by atoms with Crippen LogP contribution in [0.3, 0.4) is 0 Å². The predicted octanol–water partition coefficient (Wildman–Crippen LogP) is 5.25. The minimum Gasteiger partial charge on any atom is -0.490 e. The van der Waals surface area contributed by atoms with E-state index in [0.29, 0.717) is 33.2 Å². The van der Waals surface area contributed by atoms with Gasteiger partial charge in [-0.3, -0.25) is 9.69 Å². The summed E-state index contributed by atoms with van der Waals surface area (Å²) in [4.78, 5) is 14.2. The van der Waals surface area contributed by atoms with E-state index in [1.165, 1.54) is 16.7 Å². The molecule has 2 aromatic rings. The fraction of sp³-hybridized carbons (Fsp3) is 0.238. The van der Waals surface area contributed by atoms with Crippen molar-refractivity contribution < 1.29 is 14.3 Å². The van der Waals surface area contributed by atoms with E-state index in [4.69, 9.17) is 33.3 Å². The predicted molar refractivity (Wildman–Crippen MR) is 119 cm³/mol. The lowest BCUT2D eigenvalue weighted by Crippen LogP contribution is -2.22. The highest BCUT2D eigenvalue weighted by atomic mass is 35.5. The Kier molecular flexibility index (Phi) is 6.65. The molecule has 1 amide bonds. The van der Waals surface area contributed by atoms with Crippen molar-refractivity contribution in [2.45, 2.75) is 13.8 Å². The van der Waals surface area contributed by atoms with E-state index >= 15 is 0 Å². The van der Waals surface area contributed by atoms with Crippen molar-refractivity contribution in [3.63, 3.8) is 0 Å². The first-order chi connectivity index (χ1) is 13.3. The van der Waals surface area contributed by atoms with Gasteiger partial charge in [0.1, 0.15) is 29.0 Å². The Morgan fingerprint density at radius 1 is 1.11 bits per heavy atom. The molecule has 0 bridgehead atoms. The third-order valence-corrected chi connectivity index (χ3v) is 5.91. The van der Waals surface area contributed by atoms with Crippen LogP contribution < -0.4 is 9.47 Å². The maximum Gasteiger partial charge on any atom is 0.265 e. The van der Waals surface area contributed by atoms with Crippen LogP contribution >= 0.6 is 35.6 Å². The molecule has 0 spiro atoms. The fourth-order valence-corrected chi connectivity index (χ4v) is 3.97. The zero-order valence-corrected chi connectivity index (χ0v) is 18.2. The Bertz CT molecular complexity index is 959. The number of likely N-dealkylation sites (N-methyl/N-ethyl adjacent to an activating group) is 1. The van der Waals surface area contributed by atoms with Crippen LogP contribution in [0, 0.1) is 13.8 Å². The van der Waals surface area contributed by atoms with Gasteiger partial charge in [0.15, 0.2) is 0 Å². The molecule has 1 aliphatic rings. The van der Waals surface area contributed by atoms with E-state index in [2.05, 4.69) is 6.07 Å². The van der Waals surface area contributed by atoms with Gasteiger partial charge in [-0.15, -0.1) is 0 Å². The Labute approximate surface area is 179 Å². The first kappa shape index (κ1) is 20.7. The molecule has 1 fully saturated rings. The second-order valence-electron chi connectivity index (χ2n) is 6.39. The van der Waals surface area contributed by atoms with Crippen molar-refractivity contribution >= 4 is 51.9 Å². The molecule has 0 aromatic heterocycles. The summed E-state index contributed by atoms with van der Waals surface area (Å²) >= 11 is 12.6. The molecule has 1 heterocycles. The molecule has 146 valence electrons. The largest absolute Gasteiger partial charge is 0.490 e. The molecule has 7 heteroatoms. The van der Waals surface area contributed by atoms with Crippen molar-refractivity contribution in [1.82, 2.24) is 4.90 Å². The molecule has 1 saturated heterocycles. The van der Waals surface area contributed by atoms with Crippen molar-refractivity contribution in [3.05, 3.63) is 63.0 Å². The lowest BCUT2D eigenvalue weighted by Gasteiger charge is -2.13. The highest BCUT2D eigenvalue weighted by molar-refractivity contribution is 8.26. The van der Waals surface area contributed by atoms with Gasteiger partial charge in [-0.25, -0.2) is 0 Å². The topological polar surface area (TPSA) is 38.8 Å². The maximum atomic E-state index is 12.2. The summed E-state index contributed by atoms with van der Waals surface area (Å²) in [5.74, 6) is 1.36. The van der Waals surface area contributed by atoms with E-state index in [9.17, 15) is 4.79 Å². The Morgan fingerprint density at radius 2 is 1.82 bits per heavy atom. The van der Waals surface area contributed by atoms with Gasteiger partial charge in [-0.1, -0.05) is 47.7 Å². The second-order valence-corrected chi connectivity index (χ2v) is 8.50. The van der Waals surface area contributed by atoms with E-state index < -0.39 is 0 Å². The first-order valence-corrected chi connectivity index (χ1v) is 10.3. The lowest BCUT2D eigenvalue weighted by atomic mass is 10.1. The second kappa shape index (κ2) is 8.99. The number of thiocarbonyl (C=S) groups is 1. The molecule has 0 N–H and O–H groups in total. The Hall–Kier alpha value is -2.02. The summed E-state index contributed by atoms with van der Waals surface area (Å²) in [6, 6.07) is 11.4. The average molecular weight is 434 g/mol. The molecule has 4 nitrogen and oxygen atoms in total. The number of aryl methyl sites for hydroxylation is 2. The van der Waals surface area contributed by atoms with E-state index in [1.807, 2.05) is 26.0 Å². The van der Waals surface area contributed by atoms with Crippen LogP contribution in [0.15, 0.2) is 41.3 Å². The monoisotopic (exact) mass is 433 g/mol. The van der Waals surface area contributed by atoms with E-state index in [-0.39, 0.29) is 5.91 Å². The van der Waals surface area contributed by atoms with Crippen LogP contribution in [-0.2, 0) is 4.79 Å². The first-order valence-electron chi connectivity index (χ1n) is 8.69. The molecule has 0 saturated carbocycles. The summed E-state index contributed by atoms with van der Waals surface area (Å²) in [6.07, 6.45) is 1.76. The summed E-state index contributed by atoms with van der Waals surface area (Å²) in [5.41, 5.74) is 2.96. The third kappa shape index (κ3) is 4.87. The number of rotatable bonds is 6. The highest BCUT2D eigenvalue weighted by Crippen LogP contribution is 2.34. The van der Waals surface area contributed by atoms with Crippen LogP contribution in [0.4, 0.5) is 0 Å². The molecule has 2 aromatic carbocycles. The number of nitrogens with zero attached hydrogens (tertiary/aromatic N) is 1. The highest BCUT2D eigenvalue weighted by Gasteiger charge is 2.29. The number of amides is 1. The third-order valence-electron chi connectivity index (χ3n) is 4.19. The van der Waals surface area contributed by atoms with Crippen LogP contribution in [0.2, 0.25) is 5.02 Å². The summed E-state index contributed by atoms with van der Waals surface area (Å²) < 4.78 is 12.3. The minimum absolute atomic E-state index is 0.126. The van der Waals surface area contributed by atoms with Gasteiger partial charge in [0.05, 0.1) is 4.91 Å². The van der Waals surface area contributed by atoms with Crippen molar-refractivity contribution in [2.24, 2.45) is 0 Å². The van der Waals surface area contributed by atoms with Crippen LogP contribution in [0.25, 0.3) is 6.08 Å². The van der Waals surface area contributed by atoms with Crippen molar-refractivity contribution in [1.29, 1.82) is 0 Å². The smallest absolute Gasteiger partial charge is 0.265 e. The van der Waals surface area contributed by atoms with Crippen molar-refractivity contribution in [2.75, 3.05) is 20.3 Å². The number of carbonyl (C=O) groups excluding carboxylic acids is 1. The van der Waals surface area contributed by atoms with Gasteiger partial charge in [-0.05, 0) is 55.3 Å². The zero-order chi connectivity index (χ0) is 20.3. The van der Waals surface area contributed by atoms with Gasteiger partial charge in [0, 0.05) is 17.6 Å². The molecular weight excluding hydrogens is 414 g/mol. The molecule has 3 rings (SSSR count). The van der Waals surface area contributed by atoms with Crippen molar-refractivity contribution in [3.8, 4) is 11.5 Å². The van der Waals surface area contributed by atoms with Crippen LogP contribution in [0.5, 0.6) is 11.5 Å². The molecule has 0 radical (unpaired) electrons. The maximum absolute atomic E-state index is 12.2. The normalized spacial score (nSPS) is 15.4. The van der Waals surface area contributed by atoms with Gasteiger partial charge in [0.2, 0.25) is 0 Å². The van der Waals surface area contributed by atoms with Crippen LogP contribution in [-0.4, -0.2) is 35.4 Å². The van der Waals surface area contributed by atoms with E-state index in [1.54, 1.807) is 31.3 Å². The number of benzene rings is 2. The number of hydrogen-bond acceptors (Lipinski definition) is 5. The standard InChI is InChI=1S/C21H20ClNO3S2/c1-13-4-5-14(2)18(10-13)26-9-8-25-17-7-6-16(22)11-15(17)12-19-20(24)23(3)21(27)28-19/h4-7,10-12H,8-9H2,1-3H3/b19-12+. The lowest BCUT2D eigenvalue weighted by molar-refractivity contribution is -0.121. The summed E-state index contributed by atoms with van der Waals surface area (Å²) in [7, 11) is 1.67. The SMILES string of the molecule is Cc1ccc(C)c(OCCOc2ccc(Cl)cc2/C=C2/SC(=S)N(C)C2=O)c1. The zero-order valence-electron chi connectivity index (χ0n) is 15.8. The number of halogens is 1. The molecule has 0 unspecified atom stereocenters. The van der Waals surface area contributed by atoms with Gasteiger partial charge < -0.3 is 9.47 Å². The number of hydrogen-bond donors (Lipinski definition) is 0.